The Morgan fingerprint density at radius 2 is 1.61 bits per heavy atom. The maximum atomic E-state index is 12.5. The molecular weight excluding hydrogens is 352 g/mol. The van der Waals surface area contributed by atoms with Gasteiger partial charge in [-0.3, -0.25) is 9.59 Å². The number of rotatable bonds is 7. The summed E-state index contributed by atoms with van der Waals surface area (Å²) >= 11 is 0. The van der Waals surface area contributed by atoms with E-state index in [1.807, 2.05) is 53.4 Å². The smallest absolute Gasteiger partial charge is 0.223 e. The average Bonchev–Trinajstić information content (AvgIpc) is 2.77. The number of carbonyl (C=O) groups excluding carboxylic acids is 2. The third-order valence-corrected chi connectivity index (χ3v) is 5.31. The average molecular weight is 380 g/mol. The van der Waals surface area contributed by atoms with Crippen LogP contribution < -0.4 is 9.64 Å². The molecule has 0 aromatic heterocycles. The minimum absolute atomic E-state index is 0.0312. The molecule has 1 amide bonds. The molecule has 1 aliphatic rings. The maximum Gasteiger partial charge on any atom is 0.223 e. The first-order valence-corrected chi connectivity index (χ1v) is 9.90. The van der Waals surface area contributed by atoms with Gasteiger partial charge in [0.1, 0.15) is 5.75 Å². The number of amides is 1. The first-order valence-electron chi connectivity index (χ1n) is 9.90. The molecule has 148 valence electrons. The second kappa shape index (κ2) is 9.40. The fraction of sp³-hybridized carbons (Fsp3) is 0.391. The van der Waals surface area contributed by atoms with Crippen LogP contribution in [0.15, 0.2) is 48.5 Å². The summed E-state index contributed by atoms with van der Waals surface area (Å²) in [5.74, 6) is 0.934. The summed E-state index contributed by atoms with van der Waals surface area (Å²) in [5, 5.41) is 0. The number of carbonyl (C=O) groups is 2. The number of anilines is 1. The highest BCUT2D eigenvalue weighted by Gasteiger charge is 2.23. The highest BCUT2D eigenvalue weighted by molar-refractivity contribution is 5.98. The molecule has 2 aromatic rings. The molecule has 0 bridgehead atoms. The summed E-state index contributed by atoms with van der Waals surface area (Å²) in [6.45, 7) is 4.94. The fourth-order valence-electron chi connectivity index (χ4n) is 3.54. The number of ether oxygens (including phenoxy) is 1. The van der Waals surface area contributed by atoms with Crippen molar-refractivity contribution in [1.82, 2.24) is 4.90 Å². The van der Waals surface area contributed by atoms with Gasteiger partial charge in [-0.05, 0) is 24.1 Å². The van der Waals surface area contributed by atoms with Crippen LogP contribution in [-0.4, -0.2) is 49.9 Å². The lowest BCUT2D eigenvalue weighted by molar-refractivity contribution is -0.131. The number of methoxy groups -OCH3 is 1. The Balaban J connectivity index is 1.49. The van der Waals surface area contributed by atoms with Crippen LogP contribution >= 0.6 is 0 Å². The Morgan fingerprint density at radius 3 is 2.25 bits per heavy atom. The topological polar surface area (TPSA) is 49.9 Å². The van der Waals surface area contributed by atoms with E-state index in [4.69, 9.17) is 4.74 Å². The molecule has 1 fully saturated rings. The van der Waals surface area contributed by atoms with Crippen molar-refractivity contribution in [2.75, 3.05) is 38.2 Å². The number of piperazine rings is 1. The minimum atomic E-state index is 0.0312. The monoisotopic (exact) mass is 380 g/mol. The van der Waals surface area contributed by atoms with E-state index in [1.54, 1.807) is 7.11 Å². The van der Waals surface area contributed by atoms with Crippen molar-refractivity contribution >= 4 is 17.4 Å². The van der Waals surface area contributed by atoms with Gasteiger partial charge in [0.25, 0.3) is 0 Å². The molecule has 0 N–H and O–H groups in total. The highest BCUT2D eigenvalue weighted by Crippen LogP contribution is 2.28. The second-order valence-corrected chi connectivity index (χ2v) is 7.01. The van der Waals surface area contributed by atoms with E-state index in [0.717, 1.165) is 30.9 Å². The van der Waals surface area contributed by atoms with Gasteiger partial charge in [0.15, 0.2) is 5.78 Å². The molecule has 0 spiro atoms. The van der Waals surface area contributed by atoms with Crippen LogP contribution in [0.25, 0.3) is 0 Å². The summed E-state index contributed by atoms with van der Waals surface area (Å²) in [6, 6.07) is 15.6. The summed E-state index contributed by atoms with van der Waals surface area (Å²) in [4.78, 5) is 29.0. The minimum Gasteiger partial charge on any atom is -0.495 e. The molecule has 5 nitrogen and oxygen atoms in total. The zero-order valence-electron chi connectivity index (χ0n) is 16.7. The lowest BCUT2D eigenvalue weighted by Crippen LogP contribution is -2.48. The molecule has 3 rings (SSSR count). The number of ketones is 1. The highest BCUT2D eigenvalue weighted by atomic mass is 16.5. The quantitative estimate of drug-likeness (QED) is 0.689. The molecule has 0 aliphatic carbocycles. The Morgan fingerprint density at radius 1 is 0.929 bits per heavy atom. The molecular formula is C23H28N2O3. The van der Waals surface area contributed by atoms with Crippen LogP contribution in [0.5, 0.6) is 5.75 Å². The zero-order chi connectivity index (χ0) is 19.9. The number of hydrogen-bond acceptors (Lipinski definition) is 4. The summed E-state index contributed by atoms with van der Waals surface area (Å²) in [6.07, 6.45) is 1.48. The van der Waals surface area contributed by atoms with E-state index in [0.29, 0.717) is 18.7 Å². The third kappa shape index (κ3) is 4.71. The van der Waals surface area contributed by atoms with Gasteiger partial charge in [-0.15, -0.1) is 0 Å². The van der Waals surface area contributed by atoms with Gasteiger partial charge in [0.05, 0.1) is 12.8 Å². The number of nitrogens with zero attached hydrogens (tertiary/aromatic N) is 2. The molecule has 28 heavy (non-hydrogen) atoms. The standard InChI is InChI=1S/C23H28N2O3/c1-3-18-8-10-19(11-9-18)21(26)12-13-23(27)25-16-14-24(15-17-25)20-6-4-5-7-22(20)28-2/h4-11H,3,12-17H2,1-2H3. The molecule has 1 aliphatic heterocycles. The van der Waals surface area contributed by atoms with E-state index < -0.39 is 0 Å². The Labute approximate surface area is 166 Å². The van der Waals surface area contributed by atoms with Gasteiger partial charge in [0.2, 0.25) is 5.91 Å². The molecule has 0 saturated carbocycles. The molecule has 0 radical (unpaired) electrons. The van der Waals surface area contributed by atoms with Gasteiger partial charge in [-0.2, -0.15) is 0 Å². The Kier molecular flexibility index (Phi) is 6.69. The lowest BCUT2D eigenvalue weighted by Gasteiger charge is -2.36. The van der Waals surface area contributed by atoms with Gasteiger partial charge in [-0.25, -0.2) is 0 Å². The van der Waals surface area contributed by atoms with Crippen molar-refractivity contribution in [3.63, 3.8) is 0 Å². The zero-order valence-corrected chi connectivity index (χ0v) is 16.7. The van der Waals surface area contributed by atoms with Gasteiger partial charge >= 0.3 is 0 Å². The van der Waals surface area contributed by atoms with E-state index in [9.17, 15) is 9.59 Å². The van der Waals surface area contributed by atoms with Gasteiger partial charge in [-0.1, -0.05) is 43.3 Å². The number of Topliss-reactive ketones (excluding diaryl/α,β-unsaturated/α-hetero) is 1. The van der Waals surface area contributed by atoms with Crippen molar-refractivity contribution in [3.8, 4) is 5.75 Å². The predicted octanol–water partition coefficient (Wildman–Crippen LogP) is 3.57. The normalized spacial score (nSPS) is 14.1. The number of hydrogen-bond donors (Lipinski definition) is 0. The van der Waals surface area contributed by atoms with Crippen molar-refractivity contribution in [1.29, 1.82) is 0 Å². The fourth-order valence-corrected chi connectivity index (χ4v) is 3.54. The van der Waals surface area contributed by atoms with Crippen LogP contribution in [0.1, 0.15) is 35.7 Å². The van der Waals surface area contributed by atoms with Gasteiger partial charge < -0.3 is 14.5 Å². The molecule has 5 heteroatoms. The largest absolute Gasteiger partial charge is 0.495 e. The van der Waals surface area contributed by atoms with E-state index >= 15 is 0 Å². The lowest BCUT2D eigenvalue weighted by atomic mass is 10.0. The van der Waals surface area contributed by atoms with Crippen LogP contribution in [0, 0.1) is 0 Å². The molecule has 0 unspecified atom stereocenters. The van der Waals surface area contributed by atoms with Crippen LogP contribution in [0.3, 0.4) is 0 Å². The van der Waals surface area contributed by atoms with Crippen molar-refractivity contribution in [3.05, 3.63) is 59.7 Å². The molecule has 2 aromatic carbocycles. The van der Waals surface area contributed by atoms with Crippen molar-refractivity contribution < 1.29 is 14.3 Å². The molecule has 0 atom stereocenters. The van der Waals surface area contributed by atoms with Crippen LogP contribution in [0.2, 0.25) is 0 Å². The second-order valence-electron chi connectivity index (χ2n) is 7.01. The third-order valence-electron chi connectivity index (χ3n) is 5.31. The number of benzene rings is 2. The van der Waals surface area contributed by atoms with Crippen molar-refractivity contribution in [2.45, 2.75) is 26.2 Å². The summed E-state index contributed by atoms with van der Waals surface area (Å²) in [7, 11) is 1.67. The van der Waals surface area contributed by atoms with E-state index in [-0.39, 0.29) is 24.5 Å². The van der Waals surface area contributed by atoms with Crippen LogP contribution in [0.4, 0.5) is 5.69 Å². The number of aryl methyl sites for hydroxylation is 1. The van der Waals surface area contributed by atoms with E-state index in [1.165, 1.54) is 5.56 Å². The first-order chi connectivity index (χ1) is 13.6. The van der Waals surface area contributed by atoms with Gasteiger partial charge in [0, 0.05) is 44.6 Å². The first kappa shape index (κ1) is 19.9. The van der Waals surface area contributed by atoms with Crippen molar-refractivity contribution in [2.24, 2.45) is 0 Å². The molecule has 1 heterocycles. The molecule has 1 saturated heterocycles. The Hall–Kier alpha value is -2.82. The van der Waals surface area contributed by atoms with Crippen LogP contribution in [-0.2, 0) is 11.2 Å². The van der Waals surface area contributed by atoms with E-state index in [2.05, 4.69) is 11.8 Å². The SMILES string of the molecule is CCc1ccc(C(=O)CCC(=O)N2CCN(c3ccccc3OC)CC2)cc1. The summed E-state index contributed by atoms with van der Waals surface area (Å²) in [5.41, 5.74) is 2.95. The Bertz CT molecular complexity index is 809. The number of para-hydroxylation sites is 2. The predicted molar refractivity (Wildman–Crippen MR) is 111 cm³/mol. The summed E-state index contributed by atoms with van der Waals surface area (Å²) < 4.78 is 5.43. The maximum absolute atomic E-state index is 12.5.